The summed E-state index contributed by atoms with van der Waals surface area (Å²) in [5, 5.41) is 10.2. The van der Waals surface area contributed by atoms with Crippen molar-refractivity contribution >= 4 is 39.6 Å². The van der Waals surface area contributed by atoms with E-state index in [-0.39, 0.29) is 17.6 Å². The Morgan fingerprint density at radius 3 is 2.83 bits per heavy atom. The fraction of sp³-hybridized carbons (Fsp3) is 0.200. The highest BCUT2D eigenvalue weighted by atomic mass is 32.1. The Labute approximate surface area is 180 Å². The number of rotatable bonds is 7. The Hall–Kier alpha value is -3.24. The van der Waals surface area contributed by atoms with Gasteiger partial charge in [0.25, 0.3) is 5.91 Å². The average molecular weight is 442 g/mol. The number of carbonyl (C=O) groups excluding carboxylic acids is 2. The van der Waals surface area contributed by atoms with Gasteiger partial charge >= 0.3 is 0 Å². The SMILES string of the molecule is CC(=O)NCc1ccc(-c2nc(NC(=O)c3ccc(Cn4cccn4)o3)sc2C)s1. The number of hydrogen-bond donors (Lipinski definition) is 2. The number of nitrogens with one attached hydrogen (secondary N) is 2. The first-order valence-electron chi connectivity index (χ1n) is 9.16. The standard InChI is InChI=1S/C20H19N5O3S2/c1-12-18(17-7-5-15(30-17)10-21-13(2)26)23-20(29-12)24-19(27)16-6-4-14(28-16)11-25-9-3-8-22-25/h3-9H,10-11H2,1-2H3,(H,21,26)(H,23,24,27). The van der Waals surface area contributed by atoms with Crippen molar-refractivity contribution in [1.82, 2.24) is 20.1 Å². The molecule has 0 spiro atoms. The third-order valence-electron chi connectivity index (χ3n) is 4.19. The third kappa shape index (κ3) is 4.66. The molecule has 4 heterocycles. The summed E-state index contributed by atoms with van der Waals surface area (Å²) < 4.78 is 7.35. The molecule has 0 bridgehead atoms. The van der Waals surface area contributed by atoms with Crippen molar-refractivity contribution in [3.05, 3.63) is 64.0 Å². The van der Waals surface area contributed by atoms with Gasteiger partial charge in [-0.1, -0.05) is 0 Å². The first kappa shape index (κ1) is 20.0. The number of anilines is 1. The Bertz CT molecular complexity index is 1170. The molecule has 10 heteroatoms. The van der Waals surface area contributed by atoms with Crippen molar-refractivity contribution in [3.8, 4) is 10.6 Å². The predicted molar refractivity (Wildman–Crippen MR) is 116 cm³/mol. The van der Waals surface area contributed by atoms with Gasteiger partial charge in [0.15, 0.2) is 10.9 Å². The van der Waals surface area contributed by atoms with Crippen molar-refractivity contribution in [2.75, 3.05) is 5.32 Å². The highest BCUT2D eigenvalue weighted by molar-refractivity contribution is 7.18. The molecule has 0 radical (unpaired) electrons. The zero-order chi connectivity index (χ0) is 21.1. The number of hydrogen-bond acceptors (Lipinski definition) is 7. The molecule has 0 saturated carbocycles. The summed E-state index contributed by atoms with van der Waals surface area (Å²) in [6.45, 7) is 4.41. The summed E-state index contributed by atoms with van der Waals surface area (Å²) in [6, 6.07) is 9.18. The molecule has 0 saturated heterocycles. The van der Waals surface area contributed by atoms with Gasteiger partial charge in [-0.15, -0.1) is 22.7 Å². The van der Waals surface area contributed by atoms with E-state index in [1.807, 2.05) is 31.3 Å². The van der Waals surface area contributed by atoms with E-state index < -0.39 is 0 Å². The topological polar surface area (TPSA) is 102 Å². The molecule has 0 fully saturated rings. The van der Waals surface area contributed by atoms with Crippen LogP contribution in [0.25, 0.3) is 10.6 Å². The van der Waals surface area contributed by atoms with Gasteiger partial charge in [-0.3, -0.25) is 19.6 Å². The van der Waals surface area contributed by atoms with E-state index in [4.69, 9.17) is 4.42 Å². The van der Waals surface area contributed by atoms with Gasteiger partial charge in [-0.25, -0.2) is 4.98 Å². The van der Waals surface area contributed by atoms with Gasteiger partial charge in [0.05, 0.1) is 23.7 Å². The maximum absolute atomic E-state index is 12.5. The first-order chi connectivity index (χ1) is 14.5. The Kier molecular flexibility index (Phi) is 5.77. The first-order valence-corrected chi connectivity index (χ1v) is 10.8. The van der Waals surface area contributed by atoms with Gasteiger partial charge in [0.2, 0.25) is 5.91 Å². The van der Waals surface area contributed by atoms with E-state index in [0.717, 1.165) is 20.3 Å². The van der Waals surface area contributed by atoms with Gasteiger partial charge in [-0.05, 0) is 37.3 Å². The second-order valence-electron chi connectivity index (χ2n) is 6.52. The second-order valence-corrected chi connectivity index (χ2v) is 8.89. The number of amides is 2. The summed E-state index contributed by atoms with van der Waals surface area (Å²) in [6.07, 6.45) is 3.52. The molecule has 2 amide bonds. The highest BCUT2D eigenvalue weighted by Gasteiger charge is 2.17. The normalized spacial score (nSPS) is 10.9. The predicted octanol–water partition coefficient (Wildman–Crippen LogP) is 3.91. The summed E-state index contributed by atoms with van der Waals surface area (Å²) in [5.41, 5.74) is 0.827. The van der Waals surface area contributed by atoms with Crippen molar-refractivity contribution in [2.24, 2.45) is 0 Å². The summed E-state index contributed by atoms with van der Waals surface area (Å²) >= 11 is 2.97. The minimum Gasteiger partial charge on any atom is -0.454 e. The number of aromatic nitrogens is 3. The van der Waals surface area contributed by atoms with Crippen LogP contribution in [0.5, 0.6) is 0 Å². The van der Waals surface area contributed by atoms with Gasteiger partial charge in [0.1, 0.15) is 5.76 Å². The van der Waals surface area contributed by atoms with Crippen LogP contribution in [0.2, 0.25) is 0 Å². The zero-order valence-corrected chi connectivity index (χ0v) is 18.0. The lowest BCUT2D eigenvalue weighted by molar-refractivity contribution is -0.119. The third-order valence-corrected chi connectivity index (χ3v) is 6.16. The van der Waals surface area contributed by atoms with Crippen LogP contribution in [-0.2, 0) is 17.9 Å². The molecule has 0 aliphatic heterocycles. The van der Waals surface area contributed by atoms with E-state index >= 15 is 0 Å². The average Bonchev–Trinajstić information content (AvgIpc) is 3.48. The molecule has 154 valence electrons. The van der Waals surface area contributed by atoms with E-state index in [2.05, 4.69) is 20.7 Å². The molecule has 0 unspecified atom stereocenters. The summed E-state index contributed by atoms with van der Waals surface area (Å²) in [5.74, 6) is 0.454. The van der Waals surface area contributed by atoms with Crippen LogP contribution < -0.4 is 10.6 Å². The van der Waals surface area contributed by atoms with Crippen LogP contribution in [-0.4, -0.2) is 26.6 Å². The fourth-order valence-corrected chi connectivity index (χ4v) is 4.67. The number of thiophene rings is 1. The molecule has 30 heavy (non-hydrogen) atoms. The number of nitrogens with zero attached hydrogens (tertiary/aromatic N) is 3. The van der Waals surface area contributed by atoms with E-state index in [9.17, 15) is 9.59 Å². The van der Waals surface area contributed by atoms with Crippen LogP contribution in [0.1, 0.15) is 33.0 Å². The summed E-state index contributed by atoms with van der Waals surface area (Å²) in [7, 11) is 0. The molecular weight excluding hydrogens is 422 g/mol. The minimum atomic E-state index is -0.348. The Morgan fingerprint density at radius 2 is 2.07 bits per heavy atom. The van der Waals surface area contributed by atoms with Crippen LogP contribution >= 0.6 is 22.7 Å². The lowest BCUT2D eigenvalue weighted by Crippen LogP contribution is -2.17. The molecule has 0 atom stereocenters. The molecule has 4 aromatic rings. The maximum Gasteiger partial charge on any atom is 0.293 e. The molecule has 4 aromatic heterocycles. The largest absolute Gasteiger partial charge is 0.454 e. The monoisotopic (exact) mass is 441 g/mol. The molecule has 8 nitrogen and oxygen atoms in total. The maximum atomic E-state index is 12.5. The number of aryl methyl sites for hydroxylation is 1. The van der Waals surface area contributed by atoms with E-state index in [1.54, 1.807) is 34.3 Å². The highest BCUT2D eigenvalue weighted by Crippen LogP contribution is 2.34. The lowest BCUT2D eigenvalue weighted by atomic mass is 10.3. The molecule has 2 N–H and O–H groups in total. The molecule has 4 rings (SSSR count). The Balaban J connectivity index is 1.43. The number of carbonyl (C=O) groups is 2. The van der Waals surface area contributed by atoms with Gasteiger partial charge in [0, 0.05) is 29.1 Å². The van der Waals surface area contributed by atoms with Crippen LogP contribution in [0.15, 0.2) is 47.1 Å². The second kappa shape index (κ2) is 8.64. The van der Waals surface area contributed by atoms with Gasteiger partial charge in [-0.2, -0.15) is 5.10 Å². The van der Waals surface area contributed by atoms with Crippen molar-refractivity contribution < 1.29 is 14.0 Å². The van der Waals surface area contributed by atoms with Crippen LogP contribution in [0.4, 0.5) is 5.13 Å². The quantitative estimate of drug-likeness (QED) is 0.453. The lowest BCUT2D eigenvalue weighted by Gasteiger charge is -1.99. The van der Waals surface area contributed by atoms with Crippen molar-refractivity contribution in [1.29, 1.82) is 0 Å². The van der Waals surface area contributed by atoms with Crippen molar-refractivity contribution in [3.63, 3.8) is 0 Å². The van der Waals surface area contributed by atoms with Gasteiger partial charge < -0.3 is 9.73 Å². The number of thiazole rings is 1. The van der Waals surface area contributed by atoms with Crippen molar-refractivity contribution in [2.45, 2.75) is 26.9 Å². The smallest absolute Gasteiger partial charge is 0.293 e. The molecule has 0 aromatic carbocycles. The Morgan fingerprint density at radius 1 is 1.20 bits per heavy atom. The van der Waals surface area contributed by atoms with E-state index in [1.165, 1.54) is 18.3 Å². The zero-order valence-electron chi connectivity index (χ0n) is 16.3. The van der Waals surface area contributed by atoms with E-state index in [0.29, 0.717) is 24.0 Å². The number of furan rings is 1. The molecule has 0 aliphatic carbocycles. The summed E-state index contributed by atoms with van der Waals surface area (Å²) in [4.78, 5) is 31.2. The van der Waals surface area contributed by atoms with Crippen LogP contribution in [0.3, 0.4) is 0 Å². The van der Waals surface area contributed by atoms with Crippen LogP contribution in [0, 0.1) is 6.92 Å². The molecular formula is C20H19N5O3S2. The molecule has 0 aliphatic rings. The minimum absolute atomic E-state index is 0.0644. The fourth-order valence-electron chi connectivity index (χ4n) is 2.79.